The van der Waals surface area contributed by atoms with Gasteiger partial charge in [0, 0.05) is 6.54 Å². The Bertz CT molecular complexity index is 567. The summed E-state index contributed by atoms with van der Waals surface area (Å²) in [5.41, 5.74) is 0.851. The predicted octanol–water partition coefficient (Wildman–Crippen LogP) is 1.44. The van der Waals surface area contributed by atoms with E-state index in [-0.39, 0.29) is 11.4 Å². The van der Waals surface area contributed by atoms with Gasteiger partial charge in [-0.2, -0.15) is 0 Å². The monoisotopic (exact) mass is 299 g/mol. The molecule has 2 N–H and O–H groups in total. The lowest BCUT2D eigenvalue weighted by Gasteiger charge is -2.13. The lowest BCUT2D eigenvalue weighted by molar-refractivity contribution is 0.143. The minimum Gasteiger partial charge on any atom is -0.495 e. The number of sulfonamides is 1. The first-order valence-corrected chi connectivity index (χ1v) is 8.24. The highest BCUT2D eigenvalue weighted by Gasteiger charge is 2.29. The molecule has 112 valence electrons. The van der Waals surface area contributed by atoms with Crippen LogP contribution in [0.25, 0.3) is 0 Å². The third-order valence-electron chi connectivity index (χ3n) is 3.51. The molecule has 1 aromatic rings. The number of aryl methyl sites for hydroxylation is 1. The zero-order chi connectivity index (χ0) is 14.8. The van der Waals surface area contributed by atoms with Gasteiger partial charge in [-0.25, -0.2) is 13.1 Å². The van der Waals surface area contributed by atoms with Gasteiger partial charge in [0.1, 0.15) is 10.6 Å². The van der Waals surface area contributed by atoms with Gasteiger partial charge in [-0.15, -0.1) is 0 Å². The molecule has 5 nitrogen and oxygen atoms in total. The smallest absolute Gasteiger partial charge is 0.244 e. The normalized spacial score (nSPS) is 16.9. The van der Waals surface area contributed by atoms with E-state index in [1.165, 1.54) is 7.11 Å². The number of nitrogens with one attached hydrogen (secondary N) is 1. The first-order valence-electron chi connectivity index (χ1n) is 6.76. The van der Waals surface area contributed by atoms with Gasteiger partial charge >= 0.3 is 0 Å². The van der Waals surface area contributed by atoms with Gasteiger partial charge < -0.3 is 9.84 Å². The molecule has 1 aliphatic rings. The number of aliphatic hydroxyl groups excluding tert-OH is 1. The van der Waals surface area contributed by atoms with Gasteiger partial charge in [-0.05, 0) is 49.8 Å². The second-order valence-electron chi connectivity index (χ2n) is 5.25. The van der Waals surface area contributed by atoms with E-state index in [0.717, 1.165) is 18.4 Å². The SMILES string of the molecule is COc1ccc(C)cc1S(=O)(=O)NCC[C@@H](O)C1CC1. The number of hydrogen-bond acceptors (Lipinski definition) is 4. The highest BCUT2D eigenvalue weighted by molar-refractivity contribution is 7.89. The Kier molecular flexibility index (Phi) is 4.67. The van der Waals surface area contributed by atoms with Crippen molar-refractivity contribution >= 4 is 10.0 Å². The summed E-state index contributed by atoms with van der Waals surface area (Å²) in [6.07, 6.45) is 2.12. The zero-order valence-electron chi connectivity index (χ0n) is 11.8. The fourth-order valence-electron chi connectivity index (χ4n) is 2.13. The van der Waals surface area contributed by atoms with E-state index >= 15 is 0 Å². The third kappa shape index (κ3) is 3.71. The van der Waals surface area contributed by atoms with Gasteiger partial charge in [0.2, 0.25) is 10.0 Å². The molecule has 0 bridgehead atoms. The van der Waals surface area contributed by atoms with Crippen molar-refractivity contribution in [1.82, 2.24) is 4.72 Å². The first kappa shape index (κ1) is 15.3. The summed E-state index contributed by atoms with van der Waals surface area (Å²) < 4.78 is 32.1. The topological polar surface area (TPSA) is 75.6 Å². The average Bonchev–Trinajstić information content (AvgIpc) is 3.22. The number of aliphatic hydroxyl groups is 1. The molecule has 0 aromatic heterocycles. The van der Waals surface area contributed by atoms with E-state index in [9.17, 15) is 13.5 Å². The standard InChI is InChI=1S/C14H21NO4S/c1-10-3-6-13(19-2)14(9-10)20(17,18)15-8-7-12(16)11-4-5-11/h3,6,9,11-12,15-16H,4-5,7-8H2,1-2H3/t12-/m1/s1. The van der Waals surface area contributed by atoms with Crippen LogP contribution >= 0.6 is 0 Å². The molecule has 0 heterocycles. The summed E-state index contributed by atoms with van der Waals surface area (Å²) >= 11 is 0. The number of benzene rings is 1. The van der Waals surface area contributed by atoms with Crippen molar-refractivity contribution in [2.24, 2.45) is 5.92 Å². The molecule has 1 aliphatic carbocycles. The van der Waals surface area contributed by atoms with Crippen LogP contribution in [-0.4, -0.2) is 33.3 Å². The molecule has 6 heteroatoms. The minimum atomic E-state index is -3.61. The molecule has 0 saturated heterocycles. The van der Waals surface area contributed by atoms with Crippen LogP contribution in [0, 0.1) is 12.8 Å². The Balaban J connectivity index is 2.03. The Morgan fingerprint density at radius 2 is 2.15 bits per heavy atom. The van der Waals surface area contributed by atoms with E-state index in [4.69, 9.17) is 4.74 Å². The van der Waals surface area contributed by atoms with Crippen molar-refractivity contribution in [3.8, 4) is 5.75 Å². The van der Waals surface area contributed by atoms with Gasteiger partial charge in [0.25, 0.3) is 0 Å². The highest BCUT2D eigenvalue weighted by atomic mass is 32.2. The molecule has 1 aromatic carbocycles. The minimum absolute atomic E-state index is 0.140. The summed E-state index contributed by atoms with van der Waals surface area (Å²) in [4.78, 5) is 0.140. The van der Waals surface area contributed by atoms with E-state index in [1.807, 2.05) is 6.92 Å². The van der Waals surface area contributed by atoms with Crippen LogP contribution in [0.2, 0.25) is 0 Å². The molecule has 0 unspecified atom stereocenters. The Morgan fingerprint density at radius 1 is 1.45 bits per heavy atom. The molecule has 0 spiro atoms. The maximum atomic E-state index is 12.3. The van der Waals surface area contributed by atoms with E-state index < -0.39 is 16.1 Å². The van der Waals surface area contributed by atoms with Crippen LogP contribution in [0.4, 0.5) is 0 Å². The lowest BCUT2D eigenvalue weighted by atomic mass is 10.2. The van der Waals surface area contributed by atoms with Gasteiger partial charge in [-0.3, -0.25) is 0 Å². The van der Waals surface area contributed by atoms with E-state index in [2.05, 4.69) is 4.72 Å². The van der Waals surface area contributed by atoms with Crippen LogP contribution in [0.1, 0.15) is 24.8 Å². The molecule has 20 heavy (non-hydrogen) atoms. The van der Waals surface area contributed by atoms with Crippen molar-refractivity contribution in [3.05, 3.63) is 23.8 Å². The largest absolute Gasteiger partial charge is 0.495 e. The third-order valence-corrected chi connectivity index (χ3v) is 4.99. The summed E-state index contributed by atoms with van der Waals surface area (Å²) in [5, 5.41) is 9.74. The second kappa shape index (κ2) is 6.11. The van der Waals surface area contributed by atoms with Crippen LogP contribution in [-0.2, 0) is 10.0 Å². The molecule has 1 atom stereocenters. The fraction of sp³-hybridized carbons (Fsp3) is 0.571. The summed E-state index contributed by atoms with van der Waals surface area (Å²) in [7, 11) is -2.17. The van der Waals surface area contributed by atoms with Crippen molar-refractivity contribution < 1.29 is 18.3 Å². The number of hydrogen-bond donors (Lipinski definition) is 2. The molecular weight excluding hydrogens is 278 g/mol. The highest BCUT2D eigenvalue weighted by Crippen LogP contribution is 2.33. The zero-order valence-corrected chi connectivity index (χ0v) is 12.6. The van der Waals surface area contributed by atoms with Crippen LogP contribution in [0.5, 0.6) is 5.75 Å². The second-order valence-corrected chi connectivity index (χ2v) is 6.98. The molecule has 0 aliphatic heterocycles. The van der Waals surface area contributed by atoms with Gasteiger partial charge in [0.05, 0.1) is 13.2 Å². The van der Waals surface area contributed by atoms with Crippen LogP contribution in [0.15, 0.2) is 23.1 Å². The predicted molar refractivity (Wildman–Crippen MR) is 76.3 cm³/mol. The molecule has 1 fully saturated rings. The molecule has 0 amide bonds. The van der Waals surface area contributed by atoms with Gasteiger partial charge in [-0.1, -0.05) is 6.07 Å². The Morgan fingerprint density at radius 3 is 2.75 bits per heavy atom. The van der Waals surface area contributed by atoms with Crippen molar-refractivity contribution in [2.45, 2.75) is 37.2 Å². The van der Waals surface area contributed by atoms with Gasteiger partial charge in [0.15, 0.2) is 0 Å². The lowest BCUT2D eigenvalue weighted by Crippen LogP contribution is -2.28. The fourth-order valence-corrected chi connectivity index (χ4v) is 3.43. The summed E-state index contributed by atoms with van der Waals surface area (Å²) in [6.45, 7) is 2.06. The molecular formula is C14H21NO4S. The maximum Gasteiger partial charge on any atom is 0.244 e. The molecule has 2 rings (SSSR count). The van der Waals surface area contributed by atoms with Crippen LogP contribution in [0.3, 0.4) is 0 Å². The number of methoxy groups -OCH3 is 1. The number of rotatable bonds is 7. The Labute approximate surface area is 120 Å². The van der Waals surface area contributed by atoms with Crippen molar-refractivity contribution in [3.63, 3.8) is 0 Å². The average molecular weight is 299 g/mol. The van der Waals surface area contributed by atoms with Crippen molar-refractivity contribution in [1.29, 1.82) is 0 Å². The first-order chi connectivity index (χ1) is 9.44. The molecule has 1 saturated carbocycles. The number of ether oxygens (including phenoxy) is 1. The van der Waals surface area contributed by atoms with E-state index in [1.54, 1.807) is 18.2 Å². The maximum absolute atomic E-state index is 12.3. The van der Waals surface area contributed by atoms with Crippen molar-refractivity contribution in [2.75, 3.05) is 13.7 Å². The summed E-state index contributed by atoms with van der Waals surface area (Å²) in [6, 6.07) is 5.02. The quantitative estimate of drug-likeness (QED) is 0.799. The summed E-state index contributed by atoms with van der Waals surface area (Å²) in [5.74, 6) is 0.679. The van der Waals surface area contributed by atoms with Crippen LogP contribution < -0.4 is 9.46 Å². The molecule has 0 radical (unpaired) electrons. The Hall–Kier alpha value is -1.11. The van der Waals surface area contributed by atoms with E-state index in [0.29, 0.717) is 18.1 Å².